The fraction of sp³-hybridized carbons (Fsp3) is 0.583. The molecule has 2 N–H and O–H groups in total. The van der Waals surface area contributed by atoms with Crippen LogP contribution in [0.15, 0.2) is 12.1 Å². The van der Waals surface area contributed by atoms with Crippen molar-refractivity contribution in [1.29, 1.82) is 0 Å². The molecule has 0 saturated carbocycles. The van der Waals surface area contributed by atoms with Crippen molar-refractivity contribution in [3.8, 4) is 0 Å². The molecule has 14 heavy (non-hydrogen) atoms. The second-order valence-corrected chi connectivity index (χ2v) is 4.91. The molecule has 0 fully saturated rings. The first-order chi connectivity index (χ1) is 6.32. The minimum absolute atomic E-state index is 0.0662. The zero-order chi connectivity index (χ0) is 10.9. The average Bonchev–Trinajstić information content (AvgIpc) is 2.01. The monoisotopic (exact) mass is 192 g/mol. The summed E-state index contributed by atoms with van der Waals surface area (Å²) in [5, 5.41) is 0. The number of aromatic nitrogens is 1. The van der Waals surface area contributed by atoms with Gasteiger partial charge >= 0.3 is 0 Å². The maximum Gasteiger partial charge on any atom is 0.0460 e. The zero-order valence-corrected chi connectivity index (χ0v) is 9.76. The van der Waals surface area contributed by atoms with Crippen molar-refractivity contribution in [3.63, 3.8) is 0 Å². The topological polar surface area (TPSA) is 38.9 Å². The van der Waals surface area contributed by atoms with Gasteiger partial charge in [0.15, 0.2) is 0 Å². The van der Waals surface area contributed by atoms with Crippen LogP contribution in [-0.4, -0.2) is 4.98 Å². The van der Waals surface area contributed by atoms with Crippen LogP contribution in [0.5, 0.6) is 0 Å². The molecule has 1 rings (SSSR count). The molecular weight excluding hydrogens is 172 g/mol. The van der Waals surface area contributed by atoms with Crippen LogP contribution < -0.4 is 5.73 Å². The predicted octanol–water partition coefficient (Wildman–Crippen LogP) is 2.71. The highest BCUT2D eigenvalue weighted by Gasteiger charge is 2.16. The largest absolute Gasteiger partial charge is 0.324 e. The first-order valence-electron chi connectivity index (χ1n) is 5.06. The summed E-state index contributed by atoms with van der Waals surface area (Å²) in [5.74, 6) is 0. The fourth-order valence-corrected chi connectivity index (χ4v) is 1.47. The molecule has 1 aromatic rings. The van der Waals surface area contributed by atoms with Crippen molar-refractivity contribution in [1.82, 2.24) is 4.98 Å². The van der Waals surface area contributed by atoms with Gasteiger partial charge in [0.05, 0.1) is 0 Å². The number of pyridine rings is 1. The van der Waals surface area contributed by atoms with Crippen molar-refractivity contribution >= 4 is 0 Å². The van der Waals surface area contributed by atoms with Crippen LogP contribution in [0.25, 0.3) is 0 Å². The van der Waals surface area contributed by atoms with Crippen molar-refractivity contribution in [3.05, 3.63) is 29.1 Å². The van der Waals surface area contributed by atoms with Gasteiger partial charge in [-0.3, -0.25) is 4.98 Å². The summed E-state index contributed by atoms with van der Waals surface area (Å²) in [6.45, 7) is 10.5. The van der Waals surface area contributed by atoms with Gasteiger partial charge in [-0.15, -0.1) is 0 Å². The van der Waals surface area contributed by atoms with E-state index in [2.05, 4.69) is 37.9 Å². The number of hydrogen-bond acceptors (Lipinski definition) is 2. The van der Waals surface area contributed by atoms with Crippen LogP contribution in [-0.2, 0) is 5.41 Å². The molecule has 2 heteroatoms. The first-order valence-corrected chi connectivity index (χ1v) is 5.06. The highest BCUT2D eigenvalue weighted by Crippen LogP contribution is 2.22. The molecule has 0 aliphatic heterocycles. The molecular formula is C12H20N2. The second kappa shape index (κ2) is 3.70. The number of hydrogen-bond donors (Lipinski definition) is 1. The molecule has 0 bridgehead atoms. The van der Waals surface area contributed by atoms with Gasteiger partial charge in [0.1, 0.15) is 0 Å². The lowest BCUT2D eigenvalue weighted by Crippen LogP contribution is -2.16. The summed E-state index contributed by atoms with van der Waals surface area (Å²) < 4.78 is 0. The third kappa shape index (κ3) is 2.32. The van der Waals surface area contributed by atoms with Crippen molar-refractivity contribution < 1.29 is 0 Å². The second-order valence-electron chi connectivity index (χ2n) is 4.91. The molecule has 78 valence electrons. The molecule has 0 aromatic carbocycles. The van der Waals surface area contributed by atoms with Gasteiger partial charge in [-0.05, 0) is 25.5 Å². The molecule has 0 aliphatic carbocycles. The summed E-state index contributed by atoms with van der Waals surface area (Å²) in [7, 11) is 0. The van der Waals surface area contributed by atoms with Crippen molar-refractivity contribution in [2.24, 2.45) is 5.73 Å². The van der Waals surface area contributed by atoms with Gasteiger partial charge in [0.2, 0.25) is 0 Å². The van der Waals surface area contributed by atoms with Gasteiger partial charge < -0.3 is 5.73 Å². The van der Waals surface area contributed by atoms with E-state index in [4.69, 9.17) is 5.73 Å². The Kier molecular flexibility index (Phi) is 2.95. The SMILES string of the molecule is Cc1nc(C(C)(C)C)ccc1C(C)N. The average molecular weight is 192 g/mol. The minimum atomic E-state index is 0.0662. The maximum absolute atomic E-state index is 5.83. The number of rotatable bonds is 1. The summed E-state index contributed by atoms with van der Waals surface area (Å²) in [5.41, 5.74) is 9.26. The first kappa shape index (κ1) is 11.2. The lowest BCUT2D eigenvalue weighted by Gasteiger charge is -2.20. The van der Waals surface area contributed by atoms with E-state index in [0.29, 0.717) is 0 Å². The van der Waals surface area contributed by atoms with E-state index in [1.165, 1.54) is 0 Å². The van der Waals surface area contributed by atoms with Crippen LogP contribution in [0, 0.1) is 6.92 Å². The lowest BCUT2D eigenvalue weighted by atomic mass is 9.90. The van der Waals surface area contributed by atoms with E-state index < -0.39 is 0 Å². The Hall–Kier alpha value is -0.890. The highest BCUT2D eigenvalue weighted by molar-refractivity contribution is 5.27. The van der Waals surface area contributed by atoms with E-state index >= 15 is 0 Å². The predicted molar refractivity (Wildman–Crippen MR) is 60.3 cm³/mol. The lowest BCUT2D eigenvalue weighted by molar-refractivity contribution is 0.565. The zero-order valence-electron chi connectivity index (χ0n) is 9.76. The van der Waals surface area contributed by atoms with Crippen LogP contribution in [0.3, 0.4) is 0 Å². The Balaban J connectivity index is 3.13. The van der Waals surface area contributed by atoms with Crippen LogP contribution in [0.1, 0.15) is 50.7 Å². The summed E-state index contributed by atoms with van der Waals surface area (Å²) >= 11 is 0. The van der Waals surface area contributed by atoms with E-state index in [1.807, 2.05) is 13.8 Å². The van der Waals surface area contributed by atoms with Gasteiger partial charge in [0, 0.05) is 22.8 Å². The molecule has 1 atom stereocenters. The van der Waals surface area contributed by atoms with Gasteiger partial charge in [-0.2, -0.15) is 0 Å². The molecule has 0 saturated heterocycles. The molecule has 1 aromatic heterocycles. The Morgan fingerprint density at radius 1 is 1.29 bits per heavy atom. The van der Waals surface area contributed by atoms with E-state index in [1.54, 1.807) is 0 Å². The van der Waals surface area contributed by atoms with Gasteiger partial charge in [-0.25, -0.2) is 0 Å². The van der Waals surface area contributed by atoms with Gasteiger partial charge in [0.25, 0.3) is 0 Å². The Morgan fingerprint density at radius 2 is 1.86 bits per heavy atom. The molecule has 0 spiro atoms. The normalized spacial score (nSPS) is 14.1. The molecule has 0 aliphatic rings. The van der Waals surface area contributed by atoms with Crippen molar-refractivity contribution in [2.45, 2.75) is 46.1 Å². The Morgan fingerprint density at radius 3 is 2.21 bits per heavy atom. The third-order valence-corrected chi connectivity index (χ3v) is 2.39. The number of nitrogens with zero attached hydrogens (tertiary/aromatic N) is 1. The van der Waals surface area contributed by atoms with E-state index in [9.17, 15) is 0 Å². The van der Waals surface area contributed by atoms with Crippen LogP contribution in [0.2, 0.25) is 0 Å². The van der Waals surface area contributed by atoms with Crippen LogP contribution >= 0.6 is 0 Å². The van der Waals surface area contributed by atoms with E-state index in [-0.39, 0.29) is 11.5 Å². The number of aryl methyl sites for hydroxylation is 1. The standard InChI is InChI=1S/C12H20N2/c1-8(13)10-6-7-11(12(3,4)5)14-9(10)2/h6-8H,13H2,1-5H3. The highest BCUT2D eigenvalue weighted by atomic mass is 14.7. The molecule has 2 nitrogen and oxygen atoms in total. The van der Waals surface area contributed by atoms with E-state index in [0.717, 1.165) is 17.0 Å². The summed E-state index contributed by atoms with van der Waals surface area (Å²) in [6.07, 6.45) is 0. The summed E-state index contributed by atoms with van der Waals surface area (Å²) in [4.78, 5) is 4.59. The molecule has 0 amide bonds. The third-order valence-electron chi connectivity index (χ3n) is 2.39. The molecule has 1 heterocycles. The van der Waals surface area contributed by atoms with Gasteiger partial charge in [-0.1, -0.05) is 26.8 Å². The minimum Gasteiger partial charge on any atom is -0.324 e. The smallest absolute Gasteiger partial charge is 0.0460 e. The molecule has 1 unspecified atom stereocenters. The van der Waals surface area contributed by atoms with Crippen molar-refractivity contribution in [2.75, 3.05) is 0 Å². The Labute approximate surface area is 86.5 Å². The Bertz CT molecular complexity index is 322. The maximum atomic E-state index is 5.83. The fourth-order valence-electron chi connectivity index (χ4n) is 1.47. The summed E-state index contributed by atoms with van der Waals surface area (Å²) in [6, 6.07) is 4.23. The van der Waals surface area contributed by atoms with Crippen LogP contribution in [0.4, 0.5) is 0 Å². The quantitative estimate of drug-likeness (QED) is 0.743. The number of nitrogens with two attached hydrogens (primary N) is 1. The molecule has 0 radical (unpaired) electrons.